The Bertz CT molecular complexity index is 812. The Morgan fingerprint density at radius 1 is 0.917 bits per heavy atom. The number of alkyl halides is 3. The lowest BCUT2D eigenvalue weighted by molar-refractivity contribution is -0.274. The zero-order valence-electron chi connectivity index (χ0n) is 12.5. The van der Waals surface area contributed by atoms with E-state index in [2.05, 4.69) is 14.9 Å². The second-order valence-electron chi connectivity index (χ2n) is 4.79. The molecule has 3 rings (SSSR count). The summed E-state index contributed by atoms with van der Waals surface area (Å²) in [6.45, 7) is 0. The Kier molecular flexibility index (Phi) is 4.11. The first-order valence-electron chi connectivity index (χ1n) is 6.87. The van der Waals surface area contributed by atoms with Gasteiger partial charge in [-0.25, -0.2) is 0 Å². The Labute approximate surface area is 135 Å². The van der Waals surface area contributed by atoms with Crippen molar-refractivity contribution < 1.29 is 22.6 Å². The molecule has 8 heteroatoms. The Morgan fingerprint density at radius 2 is 1.54 bits per heavy atom. The van der Waals surface area contributed by atoms with Gasteiger partial charge in [0.05, 0.1) is 19.0 Å². The first-order chi connectivity index (χ1) is 11.4. The first-order valence-corrected chi connectivity index (χ1v) is 6.87. The van der Waals surface area contributed by atoms with Crippen LogP contribution in [0.2, 0.25) is 0 Å². The van der Waals surface area contributed by atoms with E-state index in [1.807, 2.05) is 12.1 Å². The average molecular weight is 335 g/mol. The molecule has 3 aromatic rings. The van der Waals surface area contributed by atoms with Crippen molar-refractivity contribution in [1.82, 2.24) is 15.0 Å². The summed E-state index contributed by atoms with van der Waals surface area (Å²) in [6, 6.07) is 12.6. The fraction of sp³-hybridized carbons (Fsp3) is 0.125. The van der Waals surface area contributed by atoms with Gasteiger partial charge in [0.1, 0.15) is 17.2 Å². The van der Waals surface area contributed by atoms with Gasteiger partial charge < -0.3 is 9.47 Å². The molecule has 1 aromatic heterocycles. The van der Waals surface area contributed by atoms with Crippen LogP contribution in [0, 0.1) is 0 Å². The largest absolute Gasteiger partial charge is 0.573 e. The lowest BCUT2D eigenvalue weighted by atomic mass is 10.2. The third-order valence-electron chi connectivity index (χ3n) is 3.18. The lowest BCUT2D eigenvalue weighted by Crippen LogP contribution is -2.17. The maximum absolute atomic E-state index is 12.1. The van der Waals surface area contributed by atoms with E-state index >= 15 is 0 Å². The van der Waals surface area contributed by atoms with Crippen LogP contribution < -0.4 is 9.47 Å². The molecular weight excluding hydrogens is 323 g/mol. The van der Waals surface area contributed by atoms with Crippen molar-refractivity contribution in [3.63, 3.8) is 0 Å². The molecule has 0 N–H and O–H groups in total. The molecule has 0 aliphatic carbocycles. The molecule has 0 saturated heterocycles. The molecule has 0 aliphatic heterocycles. The van der Waals surface area contributed by atoms with Gasteiger partial charge in [-0.1, -0.05) is 0 Å². The second-order valence-corrected chi connectivity index (χ2v) is 4.79. The minimum absolute atomic E-state index is 0.297. The van der Waals surface area contributed by atoms with Gasteiger partial charge in [0.25, 0.3) is 0 Å². The number of rotatable bonds is 4. The monoisotopic (exact) mass is 335 g/mol. The molecule has 0 aliphatic rings. The van der Waals surface area contributed by atoms with Crippen LogP contribution in [0.1, 0.15) is 0 Å². The number of hydrogen-bond acceptors (Lipinski definition) is 4. The third-order valence-corrected chi connectivity index (χ3v) is 3.18. The topological polar surface area (TPSA) is 49.2 Å². The van der Waals surface area contributed by atoms with Crippen LogP contribution in [0.3, 0.4) is 0 Å². The van der Waals surface area contributed by atoms with E-state index in [4.69, 9.17) is 4.74 Å². The van der Waals surface area contributed by atoms with Gasteiger partial charge in [0, 0.05) is 5.56 Å². The summed E-state index contributed by atoms with van der Waals surface area (Å²) in [4.78, 5) is 1.33. The predicted octanol–water partition coefficient (Wildman–Crippen LogP) is 3.84. The molecule has 124 valence electrons. The number of hydrogen-bond donors (Lipinski definition) is 0. The summed E-state index contributed by atoms with van der Waals surface area (Å²) < 4.78 is 45.4. The summed E-state index contributed by atoms with van der Waals surface area (Å²) in [5.41, 5.74) is 2.00. The van der Waals surface area contributed by atoms with Gasteiger partial charge in [-0.2, -0.15) is 9.90 Å². The molecule has 0 fully saturated rings. The highest BCUT2D eigenvalue weighted by Crippen LogP contribution is 2.24. The minimum atomic E-state index is -4.72. The van der Waals surface area contributed by atoms with Crippen LogP contribution in [0.5, 0.6) is 11.5 Å². The number of methoxy groups -OCH3 is 1. The maximum Gasteiger partial charge on any atom is 0.573 e. The summed E-state index contributed by atoms with van der Waals surface area (Å²) >= 11 is 0. The molecule has 1 heterocycles. The predicted molar refractivity (Wildman–Crippen MR) is 80.0 cm³/mol. The van der Waals surface area contributed by atoms with Crippen LogP contribution in [-0.2, 0) is 0 Å². The highest BCUT2D eigenvalue weighted by atomic mass is 19.4. The summed E-state index contributed by atoms with van der Waals surface area (Å²) in [5.74, 6) is 0.431. The van der Waals surface area contributed by atoms with Gasteiger partial charge in [-0.15, -0.1) is 18.3 Å². The Hall–Kier alpha value is -3.03. The molecule has 0 bridgehead atoms. The van der Waals surface area contributed by atoms with E-state index < -0.39 is 6.36 Å². The number of aromatic nitrogens is 3. The average Bonchev–Trinajstić information content (AvgIpc) is 3.04. The normalized spacial score (nSPS) is 11.3. The maximum atomic E-state index is 12.1. The van der Waals surface area contributed by atoms with E-state index in [0.717, 1.165) is 11.3 Å². The fourth-order valence-corrected chi connectivity index (χ4v) is 2.06. The number of benzene rings is 2. The van der Waals surface area contributed by atoms with E-state index in [-0.39, 0.29) is 5.75 Å². The molecular formula is C16H12F3N3O2. The van der Waals surface area contributed by atoms with Gasteiger partial charge in [-0.05, 0) is 48.5 Å². The SMILES string of the molecule is COc1ccc(-c2cnn(-c3ccc(OC(F)(F)F)cc3)n2)cc1. The van der Waals surface area contributed by atoms with Gasteiger partial charge in [0.2, 0.25) is 0 Å². The lowest BCUT2D eigenvalue weighted by Gasteiger charge is -2.08. The zero-order valence-corrected chi connectivity index (χ0v) is 12.5. The molecule has 24 heavy (non-hydrogen) atoms. The molecule has 2 aromatic carbocycles. The van der Waals surface area contributed by atoms with Crippen LogP contribution in [0.25, 0.3) is 16.9 Å². The molecule has 0 spiro atoms. The van der Waals surface area contributed by atoms with Crippen molar-refractivity contribution in [2.45, 2.75) is 6.36 Å². The molecule has 0 saturated carbocycles. The van der Waals surface area contributed by atoms with Gasteiger partial charge >= 0.3 is 6.36 Å². The van der Waals surface area contributed by atoms with E-state index in [1.165, 1.54) is 29.1 Å². The Morgan fingerprint density at radius 3 is 2.12 bits per heavy atom. The van der Waals surface area contributed by atoms with Crippen LogP contribution in [0.4, 0.5) is 13.2 Å². The number of nitrogens with zero attached hydrogens (tertiary/aromatic N) is 3. The summed E-state index contributed by atoms with van der Waals surface area (Å²) in [7, 11) is 1.58. The highest BCUT2D eigenvalue weighted by molar-refractivity contribution is 5.59. The van der Waals surface area contributed by atoms with Crippen molar-refractivity contribution in [3.05, 3.63) is 54.7 Å². The summed E-state index contributed by atoms with van der Waals surface area (Å²) in [6.07, 6.45) is -3.14. The Balaban J connectivity index is 1.79. The number of ether oxygens (including phenoxy) is 2. The van der Waals surface area contributed by atoms with Crippen molar-refractivity contribution in [2.75, 3.05) is 7.11 Å². The summed E-state index contributed by atoms with van der Waals surface area (Å²) in [5, 5.41) is 8.43. The van der Waals surface area contributed by atoms with Crippen LogP contribution in [-0.4, -0.2) is 28.5 Å². The molecule has 0 radical (unpaired) electrons. The highest BCUT2D eigenvalue weighted by Gasteiger charge is 2.30. The number of halogens is 3. The van der Waals surface area contributed by atoms with E-state index in [0.29, 0.717) is 11.4 Å². The first kappa shape index (κ1) is 15.9. The fourth-order valence-electron chi connectivity index (χ4n) is 2.06. The second kappa shape index (κ2) is 6.23. The van der Waals surface area contributed by atoms with Crippen molar-refractivity contribution in [1.29, 1.82) is 0 Å². The van der Waals surface area contributed by atoms with Crippen molar-refractivity contribution >= 4 is 0 Å². The van der Waals surface area contributed by atoms with E-state index in [9.17, 15) is 13.2 Å². The zero-order chi connectivity index (χ0) is 17.2. The molecule has 0 atom stereocenters. The molecule has 0 unspecified atom stereocenters. The van der Waals surface area contributed by atoms with Gasteiger partial charge in [-0.3, -0.25) is 0 Å². The molecule has 5 nitrogen and oxygen atoms in total. The molecule has 0 amide bonds. The van der Waals surface area contributed by atoms with Gasteiger partial charge in [0.15, 0.2) is 0 Å². The van der Waals surface area contributed by atoms with Crippen molar-refractivity contribution in [2.24, 2.45) is 0 Å². The smallest absolute Gasteiger partial charge is 0.497 e. The standard InChI is InChI=1S/C16H12F3N3O2/c1-23-13-6-2-11(3-7-13)15-10-20-22(21-15)12-4-8-14(9-5-12)24-16(17,18)19/h2-10H,1H3. The minimum Gasteiger partial charge on any atom is -0.497 e. The van der Waals surface area contributed by atoms with Crippen molar-refractivity contribution in [3.8, 4) is 28.4 Å². The third kappa shape index (κ3) is 3.65. The van der Waals surface area contributed by atoms with E-state index in [1.54, 1.807) is 25.4 Å². The quantitative estimate of drug-likeness (QED) is 0.727. The van der Waals surface area contributed by atoms with Crippen LogP contribution in [0.15, 0.2) is 54.7 Å². The van der Waals surface area contributed by atoms with Crippen LogP contribution >= 0.6 is 0 Å².